The average Bonchev–Trinajstić information content (AvgIpc) is 2.03. The first-order chi connectivity index (χ1) is 6.33. The Bertz CT molecular complexity index is 303. The summed E-state index contributed by atoms with van der Waals surface area (Å²) in [7, 11) is 10.8. The van der Waals surface area contributed by atoms with Gasteiger partial charge in [0.1, 0.15) is 0 Å². The van der Waals surface area contributed by atoms with Crippen LogP contribution in [0.4, 0.5) is 13.2 Å². The molecule has 15 heavy (non-hydrogen) atoms. The zero-order chi connectivity index (χ0) is 10.8. The number of alkyl halides is 3. The van der Waals surface area contributed by atoms with Crippen LogP contribution in [0.15, 0.2) is 30.3 Å². The van der Waals surface area contributed by atoms with Gasteiger partial charge in [-0.25, -0.2) is 0 Å². The molecule has 0 spiro atoms. The van der Waals surface area contributed by atoms with E-state index in [0.29, 0.717) is 5.56 Å². The van der Waals surface area contributed by atoms with E-state index >= 15 is 0 Å². The summed E-state index contributed by atoms with van der Waals surface area (Å²) in [6.07, 6.45) is 0. The molecule has 0 aliphatic carbocycles. The van der Waals surface area contributed by atoms with E-state index in [-0.39, 0.29) is 22.0 Å². The summed E-state index contributed by atoms with van der Waals surface area (Å²) in [4.78, 5) is 0. The maximum atomic E-state index is 12.4. The van der Waals surface area contributed by atoms with Crippen LogP contribution in [-0.4, -0.2) is 4.77 Å². The second kappa shape index (κ2) is 5.85. The van der Waals surface area contributed by atoms with Crippen molar-refractivity contribution in [2.24, 2.45) is 0 Å². The van der Waals surface area contributed by atoms with Gasteiger partial charge >= 0.3 is 91.0 Å². The predicted octanol–water partition coefficient (Wildman–Crippen LogP) is 4.75. The first-order valence-corrected chi connectivity index (χ1v) is 15.6. The summed E-state index contributed by atoms with van der Waals surface area (Å²) in [6.45, 7) is 0. The van der Waals surface area contributed by atoms with E-state index in [1.807, 2.05) is 0 Å². The van der Waals surface area contributed by atoms with Crippen LogP contribution in [0.1, 0.15) is 5.56 Å². The molecule has 0 amide bonds. The fourth-order valence-corrected chi connectivity index (χ4v) is 6.23. The monoisotopic (exact) mass is 374 g/mol. The minimum atomic E-state index is -5.06. The Labute approximate surface area is 107 Å². The molecule has 1 rings (SSSR count). The maximum absolute atomic E-state index is 12.4. The van der Waals surface area contributed by atoms with Gasteiger partial charge in [-0.05, 0) is 0 Å². The Balaban J connectivity index is 0.00000196. The number of halogens is 6. The molecule has 0 aromatic heterocycles. The molecule has 0 unspecified atom stereocenters. The van der Waals surface area contributed by atoms with Crippen LogP contribution in [0.2, 0.25) is 0 Å². The molecule has 0 heterocycles. The van der Waals surface area contributed by atoms with E-state index in [9.17, 15) is 13.2 Å². The van der Waals surface area contributed by atoms with Crippen molar-refractivity contribution in [3.63, 3.8) is 0 Å². The van der Waals surface area contributed by atoms with Crippen LogP contribution in [0.5, 0.6) is 0 Å². The van der Waals surface area contributed by atoms with Crippen molar-refractivity contribution < 1.29 is 26.0 Å². The molecule has 1 aromatic carbocycles. The van der Waals surface area contributed by atoms with Crippen molar-refractivity contribution in [2.45, 2.75) is 9.79 Å². The van der Waals surface area contributed by atoms with E-state index < -0.39 is 17.6 Å². The Kier molecular flexibility index (Phi) is 6.13. The molecule has 1 aromatic rings. The number of hydrogen-bond donors (Lipinski definition) is 0. The summed E-state index contributed by atoms with van der Waals surface area (Å²) in [5.74, 6) is 0. The SMILES string of the molecule is Br.F[C](F)(F)[Zn]([Cl])([Cl])[CH2]c1ccccc1. The number of rotatable bonds is 2. The Hall–Kier alpha value is 0.693. The van der Waals surface area contributed by atoms with Gasteiger partial charge in [-0.15, -0.1) is 17.0 Å². The van der Waals surface area contributed by atoms with Gasteiger partial charge in [-0.3, -0.25) is 0 Å². The van der Waals surface area contributed by atoms with Crippen LogP contribution < -0.4 is 0 Å². The van der Waals surface area contributed by atoms with Gasteiger partial charge in [-0.2, -0.15) is 0 Å². The van der Waals surface area contributed by atoms with Crippen molar-refractivity contribution in [1.82, 2.24) is 0 Å². The Morgan fingerprint density at radius 2 is 1.53 bits per heavy atom. The normalized spacial score (nSPS) is 11.0. The molecule has 0 radical (unpaired) electrons. The fraction of sp³-hybridized carbons (Fsp3) is 0.250. The topological polar surface area (TPSA) is 0 Å². The first-order valence-electron chi connectivity index (χ1n) is 4.22. The standard InChI is InChI=1S/C7H7.CF3.BrH.2ClH.Zn/c1-7-5-3-2-4-6-7;2-1(3)4;;;;/h2-6H,1H2;;3*1H;/q;;;;;+2/p-2. The van der Waals surface area contributed by atoms with Gasteiger partial charge in [0.05, 0.1) is 0 Å². The van der Waals surface area contributed by atoms with E-state index in [1.54, 1.807) is 30.3 Å². The van der Waals surface area contributed by atoms with Crippen molar-refractivity contribution in [3.8, 4) is 0 Å². The van der Waals surface area contributed by atoms with Crippen molar-refractivity contribution in [1.29, 1.82) is 0 Å². The third-order valence-corrected chi connectivity index (χ3v) is 12.1. The van der Waals surface area contributed by atoms with Crippen LogP contribution in [0.3, 0.4) is 0 Å². The van der Waals surface area contributed by atoms with Crippen molar-refractivity contribution >= 4 is 36.4 Å². The quantitative estimate of drug-likeness (QED) is 0.653. The van der Waals surface area contributed by atoms with Gasteiger partial charge in [0.15, 0.2) is 0 Å². The van der Waals surface area contributed by atoms with Crippen LogP contribution in [0.25, 0.3) is 0 Å². The molecule has 0 fully saturated rings. The van der Waals surface area contributed by atoms with E-state index in [2.05, 4.69) is 0 Å². The number of hydrogen-bond acceptors (Lipinski definition) is 0. The molecule has 7 heteroatoms. The summed E-state index contributed by atoms with van der Waals surface area (Å²) in [5, 5.41) is -0.225. The second-order valence-corrected chi connectivity index (χ2v) is 21.2. The molecular formula is C8H8BrCl2F3Zn. The molecule has 84 valence electrons. The molecule has 0 aliphatic heterocycles. The van der Waals surface area contributed by atoms with Gasteiger partial charge in [0.25, 0.3) is 0 Å². The molecule has 0 aliphatic rings. The molecule has 0 saturated heterocycles. The second-order valence-electron chi connectivity index (χ2n) is 3.35. The molecule has 0 atom stereocenters. The Morgan fingerprint density at radius 1 is 1.07 bits per heavy atom. The molecule has 0 saturated carbocycles. The minimum absolute atomic E-state index is 0. The van der Waals surface area contributed by atoms with Crippen molar-refractivity contribution in [3.05, 3.63) is 35.9 Å². The van der Waals surface area contributed by atoms with Gasteiger partial charge < -0.3 is 0 Å². The van der Waals surface area contributed by atoms with Crippen LogP contribution >= 0.6 is 36.4 Å². The van der Waals surface area contributed by atoms with E-state index in [0.717, 1.165) is 0 Å². The zero-order valence-corrected chi connectivity index (χ0v) is 13.8. The first kappa shape index (κ1) is 15.7. The predicted molar refractivity (Wildman–Crippen MR) is 58.2 cm³/mol. The molecule has 0 bridgehead atoms. The molecule has 0 N–H and O–H groups in total. The van der Waals surface area contributed by atoms with Crippen LogP contribution in [0, 0.1) is 0 Å². The number of benzene rings is 1. The van der Waals surface area contributed by atoms with E-state index in [4.69, 9.17) is 19.4 Å². The Morgan fingerprint density at radius 3 is 1.93 bits per heavy atom. The van der Waals surface area contributed by atoms with Gasteiger partial charge in [-0.1, -0.05) is 0 Å². The summed E-state index contributed by atoms with van der Waals surface area (Å²) in [5.41, 5.74) is 0.551. The van der Waals surface area contributed by atoms with E-state index in [1.165, 1.54) is 0 Å². The zero-order valence-electron chi connectivity index (χ0n) is 7.60. The summed E-state index contributed by atoms with van der Waals surface area (Å²) in [6, 6.07) is 8.28. The third kappa shape index (κ3) is 4.60. The fourth-order valence-electron chi connectivity index (χ4n) is 1.15. The molecule has 0 nitrogen and oxygen atoms in total. The van der Waals surface area contributed by atoms with Crippen molar-refractivity contribution in [2.75, 3.05) is 0 Å². The summed E-state index contributed by atoms with van der Waals surface area (Å²) < 4.78 is 32.7. The molecular weight excluding hydrogens is 369 g/mol. The summed E-state index contributed by atoms with van der Waals surface area (Å²) >= 11 is -5.06. The average molecular weight is 377 g/mol. The van der Waals surface area contributed by atoms with Crippen LogP contribution in [-0.2, 0) is 17.8 Å². The van der Waals surface area contributed by atoms with Gasteiger partial charge in [0.2, 0.25) is 0 Å². The van der Waals surface area contributed by atoms with Gasteiger partial charge in [0, 0.05) is 0 Å². The third-order valence-electron chi connectivity index (χ3n) is 2.03.